The van der Waals surface area contributed by atoms with E-state index in [9.17, 15) is 4.79 Å². The Kier molecular flexibility index (Phi) is 4.52. The second-order valence-corrected chi connectivity index (χ2v) is 4.91. The summed E-state index contributed by atoms with van der Waals surface area (Å²) in [5.74, 6) is 0.596. The number of amides is 1. The van der Waals surface area contributed by atoms with Crippen LogP contribution in [0.4, 0.5) is 5.13 Å². The van der Waals surface area contributed by atoms with E-state index in [2.05, 4.69) is 15.5 Å². The molecule has 0 radical (unpaired) electrons. The lowest BCUT2D eigenvalue weighted by Gasteiger charge is -2.11. The molecule has 0 fully saturated rings. The zero-order valence-corrected chi connectivity index (χ0v) is 12.3. The molecule has 0 unspecified atom stereocenters. The molecule has 0 bridgehead atoms. The minimum absolute atomic E-state index is 0.306. The number of aromatic nitrogens is 2. The molecule has 1 N–H and O–H groups in total. The van der Waals surface area contributed by atoms with Gasteiger partial charge in [0, 0.05) is 0 Å². The van der Waals surface area contributed by atoms with Crippen molar-refractivity contribution >= 4 is 22.4 Å². The molecule has 20 heavy (non-hydrogen) atoms. The number of para-hydroxylation sites is 1. The Bertz CT molecular complexity index is 613. The monoisotopic (exact) mass is 293 g/mol. The van der Waals surface area contributed by atoms with Gasteiger partial charge in [0.05, 0.1) is 19.8 Å². The number of aryl methyl sites for hydroxylation is 1. The lowest BCUT2D eigenvalue weighted by Crippen LogP contribution is -2.13. The van der Waals surface area contributed by atoms with Crippen molar-refractivity contribution in [3.05, 3.63) is 28.8 Å². The van der Waals surface area contributed by atoms with Gasteiger partial charge in [-0.3, -0.25) is 10.1 Å². The number of hydrogen-bond donors (Lipinski definition) is 1. The summed E-state index contributed by atoms with van der Waals surface area (Å²) < 4.78 is 10.4. The molecule has 0 spiro atoms. The van der Waals surface area contributed by atoms with Crippen molar-refractivity contribution in [3.8, 4) is 11.5 Å². The first kappa shape index (κ1) is 14.3. The first-order valence-corrected chi connectivity index (χ1v) is 6.86. The lowest BCUT2D eigenvalue weighted by atomic mass is 10.1. The Morgan fingerprint density at radius 1 is 1.30 bits per heavy atom. The summed E-state index contributed by atoms with van der Waals surface area (Å²) in [6, 6.07) is 5.13. The van der Waals surface area contributed by atoms with Gasteiger partial charge in [0.2, 0.25) is 5.13 Å². The molecule has 7 heteroatoms. The minimum Gasteiger partial charge on any atom is -0.493 e. The van der Waals surface area contributed by atoms with Crippen LogP contribution in [0.25, 0.3) is 0 Å². The van der Waals surface area contributed by atoms with Crippen LogP contribution in [0.5, 0.6) is 11.5 Å². The summed E-state index contributed by atoms with van der Waals surface area (Å²) in [6.07, 6.45) is 0.788. The van der Waals surface area contributed by atoms with Crippen LogP contribution >= 0.6 is 11.3 Å². The standard InChI is InChI=1S/C13H15N3O3S/c1-4-10-15-16-13(20-10)14-12(17)8-6-5-7-9(18-2)11(8)19-3/h5-7H,4H2,1-3H3,(H,14,16,17). The molecule has 1 aromatic heterocycles. The number of nitrogens with zero attached hydrogens (tertiary/aromatic N) is 2. The highest BCUT2D eigenvalue weighted by molar-refractivity contribution is 7.15. The van der Waals surface area contributed by atoms with Gasteiger partial charge in [0.15, 0.2) is 11.5 Å². The van der Waals surface area contributed by atoms with Gasteiger partial charge in [-0.2, -0.15) is 0 Å². The molecule has 0 aliphatic rings. The van der Waals surface area contributed by atoms with E-state index in [0.717, 1.165) is 11.4 Å². The number of hydrogen-bond acceptors (Lipinski definition) is 6. The molecule has 106 valence electrons. The third-order valence-electron chi connectivity index (χ3n) is 2.64. The molecule has 0 saturated carbocycles. The van der Waals surface area contributed by atoms with E-state index in [4.69, 9.17) is 9.47 Å². The Hall–Kier alpha value is -2.15. The second kappa shape index (κ2) is 6.33. The van der Waals surface area contributed by atoms with Crippen LogP contribution in [0.1, 0.15) is 22.3 Å². The zero-order valence-electron chi connectivity index (χ0n) is 11.5. The van der Waals surface area contributed by atoms with E-state index in [-0.39, 0.29) is 5.91 Å². The molecule has 0 aliphatic heterocycles. The number of carbonyl (C=O) groups excluding carboxylic acids is 1. The predicted molar refractivity (Wildman–Crippen MR) is 76.8 cm³/mol. The second-order valence-electron chi connectivity index (χ2n) is 3.85. The van der Waals surface area contributed by atoms with E-state index >= 15 is 0 Å². The fourth-order valence-corrected chi connectivity index (χ4v) is 2.35. The number of methoxy groups -OCH3 is 2. The van der Waals surface area contributed by atoms with Crippen molar-refractivity contribution in [2.45, 2.75) is 13.3 Å². The quantitative estimate of drug-likeness (QED) is 0.916. The largest absolute Gasteiger partial charge is 0.493 e. The van der Waals surface area contributed by atoms with Gasteiger partial charge in [-0.1, -0.05) is 24.3 Å². The number of rotatable bonds is 5. The van der Waals surface area contributed by atoms with Crippen LogP contribution in [-0.4, -0.2) is 30.3 Å². The van der Waals surface area contributed by atoms with Crippen LogP contribution in [0.3, 0.4) is 0 Å². The van der Waals surface area contributed by atoms with Crippen molar-refractivity contribution in [3.63, 3.8) is 0 Å². The van der Waals surface area contributed by atoms with E-state index < -0.39 is 0 Å². The average Bonchev–Trinajstić information content (AvgIpc) is 2.93. The Labute approximate surface area is 120 Å². The highest BCUT2D eigenvalue weighted by Gasteiger charge is 2.17. The van der Waals surface area contributed by atoms with Crippen molar-refractivity contribution in [1.29, 1.82) is 0 Å². The van der Waals surface area contributed by atoms with E-state index in [1.165, 1.54) is 25.6 Å². The SMILES string of the molecule is CCc1nnc(NC(=O)c2cccc(OC)c2OC)s1. The average molecular weight is 293 g/mol. The molecular weight excluding hydrogens is 278 g/mol. The van der Waals surface area contributed by atoms with Crippen molar-refractivity contribution in [1.82, 2.24) is 10.2 Å². The summed E-state index contributed by atoms with van der Waals surface area (Å²) in [4.78, 5) is 12.3. The molecule has 0 aliphatic carbocycles. The third-order valence-corrected chi connectivity index (χ3v) is 3.62. The summed E-state index contributed by atoms with van der Waals surface area (Å²) in [6.45, 7) is 1.98. The Morgan fingerprint density at radius 2 is 2.10 bits per heavy atom. The third kappa shape index (κ3) is 2.88. The molecule has 1 amide bonds. The van der Waals surface area contributed by atoms with E-state index in [1.54, 1.807) is 18.2 Å². The Balaban J connectivity index is 2.24. The molecule has 0 saturated heterocycles. The van der Waals surface area contributed by atoms with Crippen LogP contribution in [0, 0.1) is 0 Å². The maximum absolute atomic E-state index is 12.3. The van der Waals surface area contributed by atoms with Gasteiger partial charge >= 0.3 is 0 Å². The molecule has 0 atom stereocenters. The summed E-state index contributed by atoms with van der Waals surface area (Å²) in [7, 11) is 3.02. The van der Waals surface area contributed by atoms with Crippen molar-refractivity contribution in [2.75, 3.05) is 19.5 Å². The topological polar surface area (TPSA) is 73.3 Å². The molecular formula is C13H15N3O3S. The summed E-state index contributed by atoms with van der Waals surface area (Å²) >= 11 is 1.35. The highest BCUT2D eigenvalue weighted by atomic mass is 32.1. The smallest absolute Gasteiger partial charge is 0.261 e. The number of ether oxygens (including phenoxy) is 2. The fraction of sp³-hybridized carbons (Fsp3) is 0.308. The maximum Gasteiger partial charge on any atom is 0.261 e. The lowest BCUT2D eigenvalue weighted by molar-refractivity contribution is 0.102. The maximum atomic E-state index is 12.3. The predicted octanol–water partition coefficient (Wildman–Crippen LogP) is 2.37. The molecule has 1 aromatic carbocycles. The minimum atomic E-state index is -0.306. The van der Waals surface area contributed by atoms with Crippen LogP contribution in [-0.2, 0) is 6.42 Å². The summed E-state index contributed by atoms with van der Waals surface area (Å²) in [5.41, 5.74) is 0.389. The molecule has 6 nitrogen and oxygen atoms in total. The van der Waals surface area contributed by atoms with Gasteiger partial charge in [0.25, 0.3) is 5.91 Å². The van der Waals surface area contributed by atoms with Crippen LogP contribution < -0.4 is 14.8 Å². The van der Waals surface area contributed by atoms with Gasteiger partial charge in [-0.05, 0) is 18.6 Å². The zero-order chi connectivity index (χ0) is 14.5. The number of nitrogens with one attached hydrogen (secondary N) is 1. The van der Waals surface area contributed by atoms with Gasteiger partial charge in [0.1, 0.15) is 5.01 Å². The first-order chi connectivity index (χ1) is 9.69. The number of carbonyl (C=O) groups is 1. The van der Waals surface area contributed by atoms with Gasteiger partial charge in [-0.15, -0.1) is 10.2 Å². The molecule has 2 aromatic rings. The van der Waals surface area contributed by atoms with Crippen LogP contribution in [0.2, 0.25) is 0 Å². The van der Waals surface area contributed by atoms with Crippen molar-refractivity contribution in [2.24, 2.45) is 0 Å². The molecule has 2 rings (SSSR count). The number of benzene rings is 1. The molecule has 1 heterocycles. The Morgan fingerprint density at radius 3 is 2.70 bits per heavy atom. The van der Waals surface area contributed by atoms with Crippen LogP contribution in [0.15, 0.2) is 18.2 Å². The van der Waals surface area contributed by atoms with Gasteiger partial charge < -0.3 is 9.47 Å². The first-order valence-electron chi connectivity index (χ1n) is 6.04. The van der Waals surface area contributed by atoms with E-state index in [0.29, 0.717) is 22.2 Å². The number of anilines is 1. The van der Waals surface area contributed by atoms with Gasteiger partial charge in [-0.25, -0.2) is 0 Å². The summed E-state index contributed by atoms with van der Waals surface area (Å²) in [5, 5.41) is 11.9. The van der Waals surface area contributed by atoms with Crippen molar-refractivity contribution < 1.29 is 14.3 Å². The normalized spacial score (nSPS) is 10.2. The van der Waals surface area contributed by atoms with E-state index in [1.807, 2.05) is 6.92 Å². The fourth-order valence-electron chi connectivity index (χ4n) is 1.68. The highest BCUT2D eigenvalue weighted by Crippen LogP contribution is 2.31.